The Kier molecular flexibility index (Phi) is 11.0. The highest BCUT2D eigenvalue weighted by atomic mass is 31.1. The zero-order valence-electron chi connectivity index (χ0n) is 13.6. The van der Waals surface area contributed by atoms with Crippen molar-refractivity contribution < 1.29 is 0 Å². The molecule has 0 nitrogen and oxygen atoms in total. The fourth-order valence-electron chi connectivity index (χ4n) is 2.52. The molecule has 0 aliphatic carbocycles. The van der Waals surface area contributed by atoms with E-state index in [1.54, 1.807) is 0 Å². The Hall–Kier alpha value is -0.350. The van der Waals surface area contributed by atoms with Gasteiger partial charge in [0.25, 0.3) is 0 Å². The molecule has 1 aromatic carbocycles. The quantitative estimate of drug-likeness (QED) is 0.317. The van der Waals surface area contributed by atoms with Crippen LogP contribution in [0.15, 0.2) is 24.3 Å². The Morgan fingerprint density at radius 3 is 1.75 bits per heavy atom. The van der Waals surface area contributed by atoms with Crippen LogP contribution in [-0.2, 0) is 0 Å². The predicted molar refractivity (Wildman–Crippen MR) is 95.8 cm³/mol. The van der Waals surface area contributed by atoms with Crippen molar-refractivity contribution in [3.05, 3.63) is 29.8 Å². The smallest absolute Gasteiger partial charge is 0.0271 e. The summed E-state index contributed by atoms with van der Waals surface area (Å²) in [6.45, 7) is 4.45. The highest BCUT2D eigenvalue weighted by molar-refractivity contribution is 7.47. The first kappa shape index (κ1) is 17.7. The van der Waals surface area contributed by atoms with Gasteiger partial charge in [-0.05, 0) is 24.8 Å². The topological polar surface area (TPSA) is 0 Å². The molecule has 1 atom stereocenters. The predicted octanol–water partition coefficient (Wildman–Crippen LogP) is 6.22. The summed E-state index contributed by atoms with van der Waals surface area (Å²) in [5.74, 6) is 0. The van der Waals surface area contributed by atoms with Gasteiger partial charge in [-0.3, -0.25) is 0 Å². The second kappa shape index (κ2) is 12.4. The molecule has 0 spiro atoms. The second-order valence-electron chi connectivity index (χ2n) is 5.97. The summed E-state index contributed by atoms with van der Waals surface area (Å²) in [7, 11) is 1.01. The van der Waals surface area contributed by atoms with E-state index in [9.17, 15) is 0 Å². The third-order valence-corrected chi connectivity index (χ3v) is 5.26. The molecule has 114 valence electrons. The van der Waals surface area contributed by atoms with Crippen molar-refractivity contribution >= 4 is 13.9 Å². The van der Waals surface area contributed by atoms with Gasteiger partial charge < -0.3 is 0 Å². The fraction of sp³-hybridized carbons (Fsp3) is 0.684. The third-order valence-electron chi connectivity index (χ3n) is 3.91. The van der Waals surface area contributed by atoms with Crippen LogP contribution in [0, 0.1) is 6.92 Å². The summed E-state index contributed by atoms with van der Waals surface area (Å²) in [5.41, 5.74) is 1.37. The molecule has 0 radical (unpaired) electrons. The molecule has 1 heteroatoms. The van der Waals surface area contributed by atoms with E-state index < -0.39 is 0 Å². The maximum Gasteiger partial charge on any atom is -0.0271 e. The largest absolute Gasteiger partial charge is 0.0904 e. The zero-order chi connectivity index (χ0) is 14.5. The lowest BCUT2D eigenvalue weighted by Crippen LogP contribution is -1.94. The molecule has 1 rings (SSSR count). The lowest BCUT2D eigenvalue weighted by molar-refractivity contribution is 0.563. The van der Waals surface area contributed by atoms with E-state index in [0.29, 0.717) is 0 Å². The van der Waals surface area contributed by atoms with Crippen molar-refractivity contribution in [3.8, 4) is 0 Å². The van der Waals surface area contributed by atoms with E-state index in [1.807, 2.05) is 0 Å². The van der Waals surface area contributed by atoms with E-state index in [4.69, 9.17) is 0 Å². The van der Waals surface area contributed by atoms with Crippen LogP contribution in [0.2, 0.25) is 0 Å². The van der Waals surface area contributed by atoms with Gasteiger partial charge in [-0.1, -0.05) is 103 Å². The maximum atomic E-state index is 2.30. The minimum absolute atomic E-state index is 1.01. The Balaban J connectivity index is 1.84. The SMILES string of the molecule is CCCCCCCCCCCCPc1ccc(C)cc1. The van der Waals surface area contributed by atoms with Gasteiger partial charge in [-0.2, -0.15) is 0 Å². The number of hydrogen-bond donors (Lipinski definition) is 0. The molecule has 0 aliphatic heterocycles. The van der Waals surface area contributed by atoms with Gasteiger partial charge >= 0.3 is 0 Å². The van der Waals surface area contributed by atoms with Gasteiger partial charge in [0.2, 0.25) is 0 Å². The van der Waals surface area contributed by atoms with Crippen LogP contribution >= 0.6 is 8.58 Å². The van der Waals surface area contributed by atoms with E-state index in [-0.39, 0.29) is 0 Å². The van der Waals surface area contributed by atoms with Gasteiger partial charge in [-0.25, -0.2) is 0 Å². The average molecular weight is 292 g/mol. The summed E-state index contributed by atoms with van der Waals surface area (Å²) in [6, 6.07) is 9.07. The molecule has 1 unspecified atom stereocenters. The summed E-state index contributed by atoms with van der Waals surface area (Å²) in [4.78, 5) is 0. The Morgan fingerprint density at radius 1 is 0.700 bits per heavy atom. The molecule has 0 bridgehead atoms. The number of rotatable bonds is 12. The standard InChI is InChI=1S/C19H33P/c1-3-4-5-6-7-8-9-10-11-12-17-20-19-15-13-18(2)14-16-19/h13-16,20H,3-12,17H2,1-2H3. The lowest BCUT2D eigenvalue weighted by Gasteiger charge is -2.04. The Labute approximate surface area is 128 Å². The molecular formula is C19H33P. The molecule has 0 N–H and O–H groups in total. The van der Waals surface area contributed by atoms with Crippen molar-refractivity contribution in [2.45, 2.75) is 78.1 Å². The van der Waals surface area contributed by atoms with Crippen LogP contribution in [0.25, 0.3) is 0 Å². The maximum absolute atomic E-state index is 2.30. The minimum Gasteiger partial charge on any atom is -0.0904 e. The van der Waals surface area contributed by atoms with Gasteiger partial charge in [-0.15, -0.1) is 0 Å². The molecule has 0 saturated carbocycles. The van der Waals surface area contributed by atoms with Crippen LogP contribution in [0.1, 0.15) is 76.7 Å². The van der Waals surface area contributed by atoms with E-state index in [2.05, 4.69) is 38.1 Å². The van der Waals surface area contributed by atoms with Gasteiger partial charge in [0, 0.05) is 0 Å². The summed E-state index contributed by atoms with van der Waals surface area (Å²) >= 11 is 0. The second-order valence-corrected chi connectivity index (χ2v) is 7.41. The summed E-state index contributed by atoms with van der Waals surface area (Å²) < 4.78 is 0. The van der Waals surface area contributed by atoms with Crippen molar-refractivity contribution in [2.75, 3.05) is 6.16 Å². The highest BCUT2D eigenvalue weighted by Gasteiger charge is 1.95. The normalized spacial score (nSPS) is 11.5. The first-order valence-electron chi connectivity index (χ1n) is 8.63. The monoisotopic (exact) mass is 292 g/mol. The number of hydrogen-bond acceptors (Lipinski definition) is 0. The third kappa shape index (κ3) is 9.54. The molecule has 1 aromatic rings. The van der Waals surface area contributed by atoms with Gasteiger partial charge in [0.1, 0.15) is 0 Å². The Bertz CT molecular complexity index is 315. The highest BCUT2D eigenvalue weighted by Crippen LogP contribution is 2.16. The van der Waals surface area contributed by atoms with Crippen LogP contribution in [0.4, 0.5) is 0 Å². The molecule has 0 fully saturated rings. The fourth-order valence-corrected chi connectivity index (χ4v) is 3.63. The van der Waals surface area contributed by atoms with E-state index in [0.717, 1.165) is 8.58 Å². The van der Waals surface area contributed by atoms with Crippen molar-refractivity contribution in [1.82, 2.24) is 0 Å². The van der Waals surface area contributed by atoms with Crippen molar-refractivity contribution in [3.63, 3.8) is 0 Å². The van der Waals surface area contributed by atoms with E-state index >= 15 is 0 Å². The molecule has 0 amide bonds. The molecule has 0 aromatic heterocycles. The van der Waals surface area contributed by atoms with Crippen LogP contribution in [0.5, 0.6) is 0 Å². The minimum atomic E-state index is 1.01. The van der Waals surface area contributed by atoms with Crippen LogP contribution < -0.4 is 5.30 Å². The molecule has 0 saturated heterocycles. The molecular weight excluding hydrogens is 259 g/mol. The van der Waals surface area contributed by atoms with Crippen LogP contribution in [-0.4, -0.2) is 6.16 Å². The number of unbranched alkanes of at least 4 members (excludes halogenated alkanes) is 9. The molecule has 0 aliphatic rings. The van der Waals surface area contributed by atoms with Crippen LogP contribution in [0.3, 0.4) is 0 Å². The molecule has 0 heterocycles. The first-order chi connectivity index (χ1) is 9.83. The number of aryl methyl sites for hydroxylation is 1. The average Bonchev–Trinajstić information content (AvgIpc) is 2.47. The molecule has 20 heavy (non-hydrogen) atoms. The van der Waals surface area contributed by atoms with E-state index in [1.165, 1.54) is 81.2 Å². The number of benzene rings is 1. The van der Waals surface area contributed by atoms with Gasteiger partial charge in [0.15, 0.2) is 0 Å². The first-order valence-corrected chi connectivity index (χ1v) is 9.84. The van der Waals surface area contributed by atoms with Crippen molar-refractivity contribution in [2.24, 2.45) is 0 Å². The Morgan fingerprint density at radius 2 is 1.20 bits per heavy atom. The van der Waals surface area contributed by atoms with Crippen molar-refractivity contribution in [1.29, 1.82) is 0 Å². The summed E-state index contributed by atoms with van der Waals surface area (Å²) in [6.07, 6.45) is 15.8. The van der Waals surface area contributed by atoms with Gasteiger partial charge in [0.05, 0.1) is 0 Å². The lowest BCUT2D eigenvalue weighted by atomic mass is 10.1. The zero-order valence-corrected chi connectivity index (χ0v) is 14.6. The summed E-state index contributed by atoms with van der Waals surface area (Å²) in [5, 5.41) is 1.53.